The lowest BCUT2D eigenvalue weighted by Crippen LogP contribution is -2.47. The van der Waals surface area contributed by atoms with Crippen LogP contribution < -0.4 is 4.90 Å². The quantitative estimate of drug-likeness (QED) is 0.835. The van der Waals surface area contributed by atoms with E-state index in [4.69, 9.17) is 0 Å². The number of nitrogens with zero attached hydrogens (tertiary/aromatic N) is 7. The van der Waals surface area contributed by atoms with E-state index in [1.807, 2.05) is 31.0 Å². The fraction of sp³-hybridized carbons (Fsp3) is 0.500. The van der Waals surface area contributed by atoms with E-state index < -0.39 is 0 Å². The molecular formula is C16H21N7O. The Morgan fingerprint density at radius 1 is 1.17 bits per heavy atom. The molecule has 2 saturated heterocycles. The first-order valence-corrected chi connectivity index (χ1v) is 8.17. The van der Waals surface area contributed by atoms with Crippen molar-refractivity contribution in [3.05, 3.63) is 36.2 Å². The number of hydrogen-bond donors (Lipinski definition) is 0. The second kappa shape index (κ2) is 5.86. The molecule has 0 unspecified atom stereocenters. The summed E-state index contributed by atoms with van der Waals surface area (Å²) in [7, 11) is 1.82. The van der Waals surface area contributed by atoms with E-state index >= 15 is 0 Å². The van der Waals surface area contributed by atoms with Crippen LogP contribution in [0.1, 0.15) is 17.4 Å². The summed E-state index contributed by atoms with van der Waals surface area (Å²) in [5, 5.41) is 4.44. The van der Waals surface area contributed by atoms with Crippen LogP contribution in [0.2, 0.25) is 0 Å². The van der Waals surface area contributed by atoms with Crippen molar-refractivity contribution in [1.82, 2.24) is 29.5 Å². The number of likely N-dealkylation sites (tertiary alicyclic amines) is 1. The fourth-order valence-electron chi connectivity index (χ4n) is 3.12. The van der Waals surface area contributed by atoms with Crippen LogP contribution in [0.15, 0.2) is 24.8 Å². The zero-order valence-electron chi connectivity index (χ0n) is 14.0. The van der Waals surface area contributed by atoms with E-state index in [1.165, 1.54) is 0 Å². The minimum atomic E-state index is 0.0442. The number of rotatable bonds is 4. The molecule has 24 heavy (non-hydrogen) atoms. The molecule has 0 radical (unpaired) electrons. The van der Waals surface area contributed by atoms with Crippen molar-refractivity contribution in [2.75, 3.05) is 38.1 Å². The van der Waals surface area contributed by atoms with Crippen LogP contribution in [0.5, 0.6) is 0 Å². The van der Waals surface area contributed by atoms with Crippen LogP contribution >= 0.6 is 0 Å². The summed E-state index contributed by atoms with van der Waals surface area (Å²) in [6.45, 7) is 6.11. The van der Waals surface area contributed by atoms with Gasteiger partial charge >= 0.3 is 6.03 Å². The highest BCUT2D eigenvalue weighted by Crippen LogP contribution is 2.25. The van der Waals surface area contributed by atoms with E-state index in [9.17, 15) is 4.79 Å². The lowest BCUT2D eigenvalue weighted by Gasteiger charge is -2.38. The Balaban J connectivity index is 1.34. The van der Waals surface area contributed by atoms with Crippen LogP contribution in [-0.4, -0.2) is 68.8 Å². The second-order valence-electron chi connectivity index (χ2n) is 6.53. The zero-order valence-corrected chi connectivity index (χ0v) is 14.0. The first kappa shape index (κ1) is 15.1. The lowest BCUT2D eigenvalue weighted by molar-refractivity contribution is 0.0894. The van der Waals surface area contributed by atoms with Crippen molar-refractivity contribution in [2.45, 2.75) is 19.5 Å². The Morgan fingerprint density at radius 3 is 2.67 bits per heavy atom. The van der Waals surface area contributed by atoms with Crippen LogP contribution in [-0.2, 0) is 6.54 Å². The first-order chi connectivity index (χ1) is 11.6. The van der Waals surface area contributed by atoms with Gasteiger partial charge in [0, 0.05) is 58.4 Å². The molecule has 4 rings (SSSR count). The third-order valence-corrected chi connectivity index (χ3v) is 4.65. The summed E-state index contributed by atoms with van der Waals surface area (Å²) in [5.74, 6) is 0. The topological polar surface area (TPSA) is 70.4 Å². The highest BCUT2D eigenvalue weighted by molar-refractivity contribution is 5.93. The van der Waals surface area contributed by atoms with E-state index in [0.29, 0.717) is 6.04 Å². The maximum absolute atomic E-state index is 12.0. The van der Waals surface area contributed by atoms with Crippen molar-refractivity contribution in [2.24, 2.45) is 0 Å². The zero-order chi connectivity index (χ0) is 16.7. The van der Waals surface area contributed by atoms with Gasteiger partial charge < -0.3 is 4.90 Å². The van der Waals surface area contributed by atoms with Gasteiger partial charge in [-0.2, -0.15) is 5.10 Å². The molecule has 2 aromatic heterocycles. The van der Waals surface area contributed by atoms with Gasteiger partial charge in [0.25, 0.3) is 0 Å². The molecule has 0 aromatic carbocycles. The number of urea groups is 1. The molecule has 0 atom stereocenters. The average molecular weight is 327 g/mol. The van der Waals surface area contributed by atoms with Crippen molar-refractivity contribution in [3.63, 3.8) is 0 Å². The molecular weight excluding hydrogens is 306 g/mol. The van der Waals surface area contributed by atoms with E-state index in [-0.39, 0.29) is 6.03 Å². The second-order valence-corrected chi connectivity index (χ2v) is 6.53. The minimum Gasteiger partial charge on any atom is -0.326 e. The molecule has 0 aliphatic carbocycles. The summed E-state index contributed by atoms with van der Waals surface area (Å²) in [6.07, 6.45) is 7.40. The smallest absolute Gasteiger partial charge is 0.324 e. The lowest BCUT2D eigenvalue weighted by atomic mass is 10.1. The highest BCUT2D eigenvalue weighted by Gasteiger charge is 2.31. The maximum Gasteiger partial charge on any atom is 0.324 e. The maximum atomic E-state index is 12.0. The summed E-state index contributed by atoms with van der Waals surface area (Å²) < 4.78 is 1.97. The predicted molar refractivity (Wildman–Crippen MR) is 88.7 cm³/mol. The number of aryl methyl sites for hydroxylation is 1. The molecule has 4 heterocycles. The third-order valence-electron chi connectivity index (χ3n) is 4.65. The van der Waals surface area contributed by atoms with Crippen LogP contribution in [0.25, 0.3) is 0 Å². The Hall–Kier alpha value is -2.48. The van der Waals surface area contributed by atoms with Crippen molar-refractivity contribution >= 4 is 11.7 Å². The molecule has 0 saturated carbocycles. The van der Waals surface area contributed by atoms with Crippen LogP contribution in [0, 0.1) is 6.92 Å². The van der Waals surface area contributed by atoms with Gasteiger partial charge in [-0.3, -0.25) is 24.4 Å². The van der Waals surface area contributed by atoms with Gasteiger partial charge in [0.05, 0.1) is 29.3 Å². The Kier molecular flexibility index (Phi) is 3.68. The monoisotopic (exact) mass is 327 g/mol. The third kappa shape index (κ3) is 2.73. The Bertz CT molecular complexity index is 735. The van der Waals surface area contributed by atoms with Crippen molar-refractivity contribution in [3.8, 4) is 0 Å². The molecule has 0 bridgehead atoms. The van der Waals surface area contributed by atoms with Gasteiger partial charge in [-0.05, 0) is 6.92 Å². The van der Waals surface area contributed by atoms with Gasteiger partial charge in [0.1, 0.15) is 0 Å². The normalized spacial score (nSPS) is 19.2. The van der Waals surface area contributed by atoms with E-state index in [2.05, 4.69) is 20.0 Å². The number of anilines is 1. The molecule has 8 nitrogen and oxygen atoms in total. The van der Waals surface area contributed by atoms with Crippen LogP contribution in [0.4, 0.5) is 10.5 Å². The minimum absolute atomic E-state index is 0.0442. The van der Waals surface area contributed by atoms with Crippen LogP contribution in [0.3, 0.4) is 0 Å². The number of aromatic nitrogens is 4. The Labute approximate surface area is 140 Å². The number of likely N-dealkylation sites (N-methyl/N-ethyl adjacent to an activating group) is 1. The predicted octanol–water partition coefficient (Wildman–Crippen LogP) is 0.910. The largest absolute Gasteiger partial charge is 0.326 e. The van der Waals surface area contributed by atoms with Gasteiger partial charge in [-0.25, -0.2) is 4.79 Å². The van der Waals surface area contributed by atoms with Gasteiger partial charge in [0.15, 0.2) is 0 Å². The first-order valence-electron chi connectivity index (χ1n) is 8.17. The number of carbonyl (C=O) groups excluding carboxylic acids is 1. The van der Waals surface area contributed by atoms with E-state index in [0.717, 1.165) is 49.8 Å². The molecule has 0 spiro atoms. The van der Waals surface area contributed by atoms with E-state index in [1.54, 1.807) is 22.2 Å². The molecule has 2 aliphatic heterocycles. The Morgan fingerprint density at radius 2 is 2.00 bits per heavy atom. The molecule has 2 aromatic rings. The number of amides is 2. The molecule has 8 heteroatoms. The fourth-order valence-corrected chi connectivity index (χ4v) is 3.12. The molecule has 0 N–H and O–H groups in total. The molecule has 2 amide bonds. The van der Waals surface area contributed by atoms with Crippen molar-refractivity contribution in [1.29, 1.82) is 0 Å². The summed E-state index contributed by atoms with van der Waals surface area (Å²) in [5.41, 5.74) is 2.81. The van der Waals surface area contributed by atoms with Crippen molar-refractivity contribution < 1.29 is 4.79 Å². The summed E-state index contributed by atoms with van der Waals surface area (Å²) >= 11 is 0. The SMILES string of the molecule is Cc1cnc(CN2CC(n3cc(N4CCN(C)C4=O)cn3)C2)cn1. The number of hydrogen-bond acceptors (Lipinski definition) is 5. The molecule has 2 fully saturated rings. The number of carbonyl (C=O) groups is 1. The van der Waals surface area contributed by atoms with Gasteiger partial charge in [-0.1, -0.05) is 0 Å². The van der Waals surface area contributed by atoms with Gasteiger partial charge in [-0.15, -0.1) is 0 Å². The standard InChI is InChI=1S/C16H21N7O/c1-12-5-18-13(6-17-12)8-21-9-15(10-21)23-11-14(7-19-23)22-4-3-20(2)16(22)24/h5-7,11,15H,3-4,8-10H2,1-2H3. The average Bonchev–Trinajstić information content (AvgIpc) is 3.12. The highest BCUT2D eigenvalue weighted by atomic mass is 16.2. The molecule has 2 aliphatic rings. The summed E-state index contributed by atoms with van der Waals surface area (Å²) in [4.78, 5) is 26.5. The summed E-state index contributed by atoms with van der Waals surface area (Å²) in [6, 6.07) is 0.398. The van der Waals surface area contributed by atoms with Gasteiger partial charge in [0.2, 0.25) is 0 Å². The molecule has 126 valence electrons.